The predicted octanol–water partition coefficient (Wildman–Crippen LogP) is 1.12. The molecule has 0 bridgehead atoms. The molecule has 1 aliphatic rings. The third-order valence-corrected chi connectivity index (χ3v) is 2.17. The molecule has 1 aromatic rings. The molecule has 2 heterocycles. The van der Waals surface area contributed by atoms with Crippen molar-refractivity contribution < 1.29 is 9.47 Å². The van der Waals surface area contributed by atoms with Crippen LogP contribution in [0.2, 0.25) is 5.28 Å². The maximum Gasteiger partial charge on any atom is 0.323 e. The molecule has 0 aliphatic carbocycles. The summed E-state index contributed by atoms with van der Waals surface area (Å²) in [6.07, 6.45) is 1.01. The van der Waals surface area contributed by atoms with Gasteiger partial charge in [0.15, 0.2) is 0 Å². The minimum Gasteiger partial charge on any atom is -0.455 e. The number of anilines is 1. The van der Waals surface area contributed by atoms with Gasteiger partial charge in [-0.05, 0) is 18.0 Å². The lowest BCUT2D eigenvalue weighted by molar-refractivity contribution is -0.0831. The molecule has 1 N–H and O–H groups in total. The van der Waals surface area contributed by atoms with Gasteiger partial charge in [-0.1, -0.05) is 6.92 Å². The van der Waals surface area contributed by atoms with Crippen molar-refractivity contribution in [1.82, 2.24) is 15.0 Å². The van der Waals surface area contributed by atoms with E-state index in [1.165, 1.54) is 0 Å². The fraction of sp³-hybridized carbons (Fsp3) is 0.667. The molecule has 0 aromatic carbocycles. The Kier molecular flexibility index (Phi) is 3.74. The Balaban J connectivity index is 2.02. The Morgan fingerprint density at radius 1 is 1.44 bits per heavy atom. The Bertz CT molecular complexity index is 359. The molecule has 1 aliphatic heterocycles. The summed E-state index contributed by atoms with van der Waals surface area (Å²) in [6.45, 7) is 3.98. The molecule has 1 fully saturated rings. The molecule has 0 saturated carbocycles. The number of nitrogens with one attached hydrogen (secondary N) is 1. The molecule has 1 aromatic heterocycles. The highest BCUT2D eigenvalue weighted by Gasteiger charge is 2.21. The Morgan fingerprint density at radius 2 is 2.25 bits per heavy atom. The van der Waals surface area contributed by atoms with E-state index in [4.69, 9.17) is 21.1 Å². The molecule has 0 radical (unpaired) electrons. The van der Waals surface area contributed by atoms with Crippen molar-refractivity contribution >= 4 is 17.5 Å². The van der Waals surface area contributed by atoms with E-state index in [2.05, 4.69) is 27.2 Å². The number of hydrogen-bond donors (Lipinski definition) is 1. The Hall–Kier alpha value is -1.14. The van der Waals surface area contributed by atoms with Gasteiger partial charge in [0.2, 0.25) is 11.2 Å². The Morgan fingerprint density at radius 3 is 2.88 bits per heavy atom. The molecule has 0 unspecified atom stereocenters. The molecule has 2 rings (SSSR count). The number of ether oxygens (including phenoxy) is 2. The lowest BCUT2D eigenvalue weighted by Gasteiger charge is -2.25. The number of hydrogen-bond acceptors (Lipinski definition) is 6. The van der Waals surface area contributed by atoms with E-state index < -0.39 is 0 Å². The van der Waals surface area contributed by atoms with E-state index in [1.807, 2.05) is 0 Å². The highest BCUT2D eigenvalue weighted by Crippen LogP contribution is 2.15. The first-order chi connectivity index (χ1) is 7.78. The standard InChI is InChI=1S/C9H13ClN4O2/c1-2-3-11-8-12-7(10)13-9(14-8)16-6-4-15-5-6/h6H,2-5H2,1H3,(H,11,12,13,14). The maximum atomic E-state index is 5.76. The van der Waals surface area contributed by atoms with Gasteiger partial charge in [0, 0.05) is 6.54 Å². The summed E-state index contributed by atoms with van der Waals surface area (Å²) in [4.78, 5) is 11.9. The average molecular weight is 245 g/mol. The van der Waals surface area contributed by atoms with Crippen molar-refractivity contribution in [3.8, 4) is 6.01 Å². The normalized spacial score (nSPS) is 15.6. The molecule has 0 atom stereocenters. The van der Waals surface area contributed by atoms with Crippen LogP contribution in [0.4, 0.5) is 5.95 Å². The maximum absolute atomic E-state index is 5.76. The highest BCUT2D eigenvalue weighted by molar-refractivity contribution is 6.28. The zero-order valence-electron chi connectivity index (χ0n) is 8.94. The molecule has 1 saturated heterocycles. The molecule has 0 spiro atoms. The van der Waals surface area contributed by atoms with Crippen LogP contribution in [0.3, 0.4) is 0 Å². The molecule has 7 heteroatoms. The first-order valence-electron chi connectivity index (χ1n) is 5.17. The van der Waals surface area contributed by atoms with E-state index in [0.29, 0.717) is 19.2 Å². The largest absolute Gasteiger partial charge is 0.455 e. The van der Waals surface area contributed by atoms with Crippen LogP contribution in [0.1, 0.15) is 13.3 Å². The summed E-state index contributed by atoms with van der Waals surface area (Å²) in [5.74, 6) is 0.442. The zero-order chi connectivity index (χ0) is 11.4. The molecular formula is C9H13ClN4O2. The average Bonchev–Trinajstić information content (AvgIpc) is 2.20. The van der Waals surface area contributed by atoms with Crippen LogP contribution >= 0.6 is 11.6 Å². The number of rotatable bonds is 5. The van der Waals surface area contributed by atoms with Crippen molar-refractivity contribution in [2.45, 2.75) is 19.4 Å². The smallest absolute Gasteiger partial charge is 0.323 e. The SMILES string of the molecule is CCCNc1nc(Cl)nc(OC2COC2)n1. The van der Waals surface area contributed by atoms with E-state index in [-0.39, 0.29) is 17.4 Å². The van der Waals surface area contributed by atoms with Gasteiger partial charge >= 0.3 is 6.01 Å². The van der Waals surface area contributed by atoms with E-state index in [1.54, 1.807) is 0 Å². The van der Waals surface area contributed by atoms with Crippen molar-refractivity contribution in [1.29, 1.82) is 0 Å². The van der Waals surface area contributed by atoms with Gasteiger partial charge in [0.1, 0.15) is 6.10 Å². The quantitative estimate of drug-likeness (QED) is 0.837. The number of nitrogens with zero attached hydrogens (tertiary/aromatic N) is 3. The van der Waals surface area contributed by atoms with Crippen molar-refractivity contribution in [3.05, 3.63) is 5.28 Å². The van der Waals surface area contributed by atoms with Gasteiger partial charge in [-0.25, -0.2) is 0 Å². The first-order valence-corrected chi connectivity index (χ1v) is 5.55. The third kappa shape index (κ3) is 2.93. The minimum atomic E-state index is 0.0255. The van der Waals surface area contributed by atoms with Crippen LogP contribution in [-0.2, 0) is 4.74 Å². The Labute approximate surface area is 98.4 Å². The minimum absolute atomic E-state index is 0.0255. The lowest BCUT2D eigenvalue weighted by Crippen LogP contribution is -2.39. The summed E-state index contributed by atoms with van der Waals surface area (Å²) in [7, 11) is 0. The molecule has 88 valence electrons. The van der Waals surface area contributed by atoms with E-state index in [9.17, 15) is 0 Å². The van der Waals surface area contributed by atoms with Gasteiger partial charge in [-0.2, -0.15) is 15.0 Å². The van der Waals surface area contributed by atoms with Crippen LogP contribution in [0.25, 0.3) is 0 Å². The van der Waals surface area contributed by atoms with Crippen LogP contribution in [-0.4, -0.2) is 40.8 Å². The van der Waals surface area contributed by atoms with Crippen molar-refractivity contribution in [2.24, 2.45) is 0 Å². The topological polar surface area (TPSA) is 69.2 Å². The second-order valence-electron chi connectivity index (χ2n) is 3.41. The van der Waals surface area contributed by atoms with Gasteiger partial charge in [-0.3, -0.25) is 0 Å². The van der Waals surface area contributed by atoms with Crippen LogP contribution < -0.4 is 10.1 Å². The lowest BCUT2D eigenvalue weighted by atomic mass is 10.3. The summed E-state index contributed by atoms with van der Waals surface area (Å²) in [5, 5.41) is 3.16. The summed E-state index contributed by atoms with van der Waals surface area (Å²) in [5.41, 5.74) is 0. The molecule has 6 nitrogen and oxygen atoms in total. The fourth-order valence-corrected chi connectivity index (χ4v) is 1.28. The highest BCUT2D eigenvalue weighted by atomic mass is 35.5. The molecular weight excluding hydrogens is 232 g/mol. The summed E-state index contributed by atoms with van der Waals surface area (Å²) < 4.78 is 10.4. The summed E-state index contributed by atoms with van der Waals surface area (Å²) in [6, 6.07) is 0.243. The van der Waals surface area contributed by atoms with E-state index in [0.717, 1.165) is 13.0 Å². The first kappa shape index (κ1) is 11.3. The van der Waals surface area contributed by atoms with Crippen LogP contribution in [0, 0.1) is 0 Å². The van der Waals surface area contributed by atoms with Crippen LogP contribution in [0.5, 0.6) is 6.01 Å². The van der Waals surface area contributed by atoms with Gasteiger partial charge in [0.25, 0.3) is 0 Å². The van der Waals surface area contributed by atoms with Gasteiger partial charge < -0.3 is 14.8 Å². The number of aromatic nitrogens is 3. The van der Waals surface area contributed by atoms with E-state index >= 15 is 0 Å². The third-order valence-electron chi connectivity index (χ3n) is 2.00. The van der Waals surface area contributed by atoms with Crippen LogP contribution in [0.15, 0.2) is 0 Å². The predicted molar refractivity (Wildman–Crippen MR) is 58.9 cm³/mol. The van der Waals surface area contributed by atoms with Crippen molar-refractivity contribution in [3.63, 3.8) is 0 Å². The fourth-order valence-electron chi connectivity index (χ4n) is 1.13. The molecule has 0 amide bonds. The molecule has 16 heavy (non-hydrogen) atoms. The zero-order valence-corrected chi connectivity index (χ0v) is 9.70. The second kappa shape index (κ2) is 5.27. The number of halogens is 1. The van der Waals surface area contributed by atoms with Gasteiger partial charge in [0.05, 0.1) is 13.2 Å². The van der Waals surface area contributed by atoms with Gasteiger partial charge in [-0.15, -0.1) is 0 Å². The summed E-state index contributed by atoms with van der Waals surface area (Å²) >= 11 is 5.76. The second-order valence-corrected chi connectivity index (χ2v) is 3.75. The monoisotopic (exact) mass is 244 g/mol. The van der Waals surface area contributed by atoms with Crippen molar-refractivity contribution in [2.75, 3.05) is 25.1 Å².